The quantitative estimate of drug-likeness (QED) is 0.780. The first-order chi connectivity index (χ1) is 6.67. The smallest absolute Gasteiger partial charge is 0.221 e. The van der Waals surface area contributed by atoms with Gasteiger partial charge in [-0.1, -0.05) is 0 Å². The van der Waals surface area contributed by atoms with Crippen molar-refractivity contribution in [2.45, 2.75) is 11.8 Å². The van der Waals surface area contributed by atoms with Gasteiger partial charge >= 0.3 is 0 Å². The predicted molar refractivity (Wildman–Crippen MR) is 59.1 cm³/mol. The first kappa shape index (κ1) is 10.9. The van der Waals surface area contributed by atoms with E-state index in [-0.39, 0.29) is 5.91 Å². The summed E-state index contributed by atoms with van der Waals surface area (Å²) in [6, 6.07) is 5.56. The number of anilines is 1. The van der Waals surface area contributed by atoms with E-state index < -0.39 is 0 Å². The van der Waals surface area contributed by atoms with Crippen LogP contribution in [-0.2, 0) is 4.79 Å². The molecule has 0 spiro atoms. The number of benzene rings is 1. The lowest BCUT2D eigenvalue weighted by atomic mass is 10.3. The molecule has 14 heavy (non-hydrogen) atoms. The van der Waals surface area contributed by atoms with E-state index in [0.29, 0.717) is 0 Å². The van der Waals surface area contributed by atoms with Gasteiger partial charge in [0.2, 0.25) is 5.91 Å². The first-order valence-corrected chi connectivity index (χ1v) is 5.39. The third-order valence-electron chi connectivity index (χ3n) is 1.70. The number of thioether (sulfide) groups is 1. The average molecular weight is 211 g/mol. The average Bonchev–Trinajstić information content (AvgIpc) is 2.16. The number of rotatable bonds is 3. The van der Waals surface area contributed by atoms with E-state index in [4.69, 9.17) is 4.74 Å². The van der Waals surface area contributed by atoms with Crippen LogP contribution < -0.4 is 10.1 Å². The minimum atomic E-state index is -0.0674. The van der Waals surface area contributed by atoms with Crippen molar-refractivity contribution in [1.29, 1.82) is 0 Å². The molecule has 3 nitrogen and oxygen atoms in total. The van der Waals surface area contributed by atoms with Gasteiger partial charge in [-0.3, -0.25) is 4.79 Å². The lowest BCUT2D eigenvalue weighted by Crippen LogP contribution is -2.05. The summed E-state index contributed by atoms with van der Waals surface area (Å²) in [5.41, 5.74) is 0.794. The number of methoxy groups -OCH3 is 1. The van der Waals surface area contributed by atoms with Gasteiger partial charge in [0.05, 0.1) is 12.0 Å². The Hall–Kier alpha value is -1.16. The number of ether oxygens (including phenoxy) is 1. The Bertz CT molecular complexity index is 339. The van der Waals surface area contributed by atoms with Crippen LogP contribution in [0.25, 0.3) is 0 Å². The molecule has 0 atom stereocenters. The summed E-state index contributed by atoms with van der Waals surface area (Å²) < 4.78 is 5.16. The molecule has 0 saturated heterocycles. The molecule has 1 amide bonds. The van der Waals surface area contributed by atoms with Crippen LogP contribution in [0.5, 0.6) is 5.75 Å². The lowest BCUT2D eigenvalue weighted by molar-refractivity contribution is -0.114. The predicted octanol–water partition coefficient (Wildman–Crippen LogP) is 2.38. The van der Waals surface area contributed by atoms with Gasteiger partial charge in [-0.15, -0.1) is 11.8 Å². The monoisotopic (exact) mass is 211 g/mol. The van der Waals surface area contributed by atoms with Crippen LogP contribution in [0, 0.1) is 0 Å². The van der Waals surface area contributed by atoms with Gasteiger partial charge in [0.15, 0.2) is 0 Å². The maximum absolute atomic E-state index is 10.8. The second kappa shape index (κ2) is 4.91. The number of carbonyl (C=O) groups is 1. The highest BCUT2D eigenvalue weighted by Gasteiger charge is 2.03. The summed E-state index contributed by atoms with van der Waals surface area (Å²) in [6.45, 7) is 1.49. The highest BCUT2D eigenvalue weighted by atomic mass is 32.2. The number of carbonyl (C=O) groups excluding carboxylic acids is 1. The normalized spacial score (nSPS) is 9.64. The zero-order valence-corrected chi connectivity index (χ0v) is 9.27. The van der Waals surface area contributed by atoms with E-state index in [2.05, 4.69) is 5.32 Å². The molecule has 0 unspecified atom stereocenters. The Labute approximate surface area is 87.8 Å². The molecule has 0 radical (unpaired) electrons. The zero-order chi connectivity index (χ0) is 10.6. The molecule has 1 N–H and O–H groups in total. The third-order valence-corrected chi connectivity index (χ3v) is 2.46. The highest BCUT2D eigenvalue weighted by Crippen LogP contribution is 2.30. The molecule has 1 aromatic rings. The number of hydrogen-bond donors (Lipinski definition) is 1. The van der Waals surface area contributed by atoms with E-state index in [1.165, 1.54) is 6.92 Å². The van der Waals surface area contributed by atoms with E-state index in [1.54, 1.807) is 18.9 Å². The second-order valence-electron chi connectivity index (χ2n) is 2.75. The molecule has 0 fully saturated rings. The van der Waals surface area contributed by atoms with Crippen molar-refractivity contribution in [1.82, 2.24) is 0 Å². The van der Waals surface area contributed by atoms with Crippen LogP contribution in [0.15, 0.2) is 23.1 Å². The van der Waals surface area contributed by atoms with E-state index in [9.17, 15) is 4.79 Å². The van der Waals surface area contributed by atoms with Gasteiger partial charge < -0.3 is 10.1 Å². The fraction of sp³-hybridized carbons (Fsp3) is 0.300. The molecule has 1 aromatic carbocycles. The van der Waals surface area contributed by atoms with Crippen LogP contribution in [0.4, 0.5) is 5.69 Å². The van der Waals surface area contributed by atoms with Crippen molar-refractivity contribution >= 4 is 23.4 Å². The van der Waals surface area contributed by atoms with Gasteiger partial charge in [0, 0.05) is 12.6 Å². The molecule has 1 rings (SSSR count). The zero-order valence-electron chi connectivity index (χ0n) is 8.46. The Morgan fingerprint density at radius 3 is 2.71 bits per heavy atom. The molecule has 0 bridgehead atoms. The summed E-state index contributed by atoms with van der Waals surface area (Å²) in [4.78, 5) is 11.8. The van der Waals surface area contributed by atoms with Gasteiger partial charge in [-0.2, -0.15) is 0 Å². The second-order valence-corrected chi connectivity index (χ2v) is 3.60. The number of nitrogens with one attached hydrogen (secondary N) is 1. The fourth-order valence-electron chi connectivity index (χ4n) is 1.12. The van der Waals surface area contributed by atoms with Gasteiger partial charge in [0.1, 0.15) is 5.75 Å². The maximum Gasteiger partial charge on any atom is 0.221 e. The summed E-state index contributed by atoms with van der Waals surface area (Å²) in [7, 11) is 1.63. The highest BCUT2D eigenvalue weighted by molar-refractivity contribution is 7.98. The van der Waals surface area contributed by atoms with Crippen molar-refractivity contribution < 1.29 is 9.53 Å². The maximum atomic E-state index is 10.8. The first-order valence-electron chi connectivity index (χ1n) is 4.17. The van der Waals surface area contributed by atoms with Crippen LogP contribution in [-0.4, -0.2) is 19.3 Å². The Kier molecular flexibility index (Phi) is 3.83. The molecular weight excluding hydrogens is 198 g/mol. The summed E-state index contributed by atoms with van der Waals surface area (Å²) >= 11 is 1.58. The Morgan fingerprint density at radius 1 is 1.50 bits per heavy atom. The van der Waals surface area contributed by atoms with Gasteiger partial charge in [0.25, 0.3) is 0 Å². The molecule has 0 heterocycles. The SMILES string of the molecule is COc1ccc(NC(C)=O)cc1SC. The van der Waals surface area contributed by atoms with Crippen molar-refractivity contribution in [2.24, 2.45) is 0 Å². The molecule has 0 aliphatic heterocycles. The minimum absolute atomic E-state index is 0.0674. The molecular formula is C10H13NO2S. The Morgan fingerprint density at radius 2 is 2.21 bits per heavy atom. The molecule has 0 aromatic heterocycles. The van der Waals surface area contributed by atoms with Crippen molar-refractivity contribution in [2.75, 3.05) is 18.7 Å². The topological polar surface area (TPSA) is 38.3 Å². The third kappa shape index (κ3) is 2.67. The molecule has 4 heteroatoms. The Balaban J connectivity index is 2.95. The van der Waals surface area contributed by atoms with Crippen LogP contribution in [0.3, 0.4) is 0 Å². The number of amides is 1. The van der Waals surface area contributed by atoms with Gasteiger partial charge in [-0.25, -0.2) is 0 Å². The van der Waals surface area contributed by atoms with Crippen LogP contribution in [0.1, 0.15) is 6.92 Å². The minimum Gasteiger partial charge on any atom is -0.496 e. The standard InChI is InChI=1S/C10H13NO2S/c1-7(12)11-8-4-5-9(13-2)10(6-8)14-3/h4-6H,1-3H3,(H,11,12). The lowest BCUT2D eigenvalue weighted by Gasteiger charge is -2.08. The van der Waals surface area contributed by atoms with E-state index in [0.717, 1.165) is 16.3 Å². The molecule has 76 valence electrons. The fourth-order valence-corrected chi connectivity index (χ4v) is 1.71. The number of hydrogen-bond acceptors (Lipinski definition) is 3. The van der Waals surface area contributed by atoms with Crippen LogP contribution in [0.2, 0.25) is 0 Å². The van der Waals surface area contributed by atoms with Crippen molar-refractivity contribution in [3.05, 3.63) is 18.2 Å². The summed E-state index contributed by atoms with van der Waals surface area (Å²) in [6.07, 6.45) is 1.97. The van der Waals surface area contributed by atoms with Crippen molar-refractivity contribution in [3.8, 4) is 5.75 Å². The molecule has 0 saturated carbocycles. The van der Waals surface area contributed by atoms with E-state index >= 15 is 0 Å². The largest absolute Gasteiger partial charge is 0.496 e. The molecule has 0 aliphatic carbocycles. The van der Waals surface area contributed by atoms with E-state index in [1.807, 2.05) is 24.5 Å². The molecule has 0 aliphatic rings. The van der Waals surface area contributed by atoms with Crippen molar-refractivity contribution in [3.63, 3.8) is 0 Å². The summed E-state index contributed by atoms with van der Waals surface area (Å²) in [5.74, 6) is 0.758. The van der Waals surface area contributed by atoms with Gasteiger partial charge in [-0.05, 0) is 24.5 Å². The summed E-state index contributed by atoms with van der Waals surface area (Å²) in [5, 5.41) is 2.72. The van der Waals surface area contributed by atoms with Crippen LogP contribution >= 0.6 is 11.8 Å².